The van der Waals surface area contributed by atoms with Crippen LogP contribution in [0.1, 0.15) is 42.1 Å². The Morgan fingerprint density at radius 3 is 2.32 bits per heavy atom. The van der Waals surface area contributed by atoms with E-state index < -0.39 is 21.0 Å². The molecule has 2 aromatic carbocycles. The Hall–Kier alpha value is -2.14. The molecule has 2 aromatic rings. The predicted molar refractivity (Wildman–Crippen MR) is 101 cm³/mol. The fraction of sp³-hybridized carbons (Fsp3) is 0.350. The first-order valence-corrected chi connectivity index (χ1v) is 10.1. The molecule has 0 aliphatic heterocycles. The van der Waals surface area contributed by atoms with Crippen molar-refractivity contribution in [3.8, 4) is 0 Å². The maximum absolute atomic E-state index is 12.7. The van der Waals surface area contributed by atoms with Gasteiger partial charge in [-0.25, -0.2) is 8.42 Å². The predicted octanol–water partition coefficient (Wildman–Crippen LogP) is 3.48. The smallest absolute Gasteiger partial charge is 0.238 e. The van der Waals surface area contributed by atoms with Gasteiger partial charge in [0.05, 0.1) is 11.8 Å². The van der Waals surface area contributed by atoms with Gasteiger partial charge in [-0.05, 0) is 44.4 Å². The normalized spacial score (nSPS) is 13.9. The van der Waals surface area contributed by atoms with E-state index >= 15 is 0 Å². The highest BCUT2D eigenvalue weighted by Gasteiger charge is 2.29. The van der Waals surface area contributed by atoms with E-state index in [0.717, 1.165) is 22.3 Å². The van der Waals surface area contributed by atoms with Gasteiger partial charge in [0.1, 0.15) is 5.25 Å². The van der Waals surface area contributed by atoms with Gasteiger partial charge in [-0.2, -0.15) is 0 Å². The second-order valence-electron chi connectivity index (χ2n) is 6.52. The Balaban J connectivity index is 2.10. The zero-order valence-electron chi connectivity index (χ0n) is 15.1. The molecule has 0 spiro atoms. The number of sulfone groups is 1. The van der Waals surface area contributed by atoms with E-state index in [0.29, 0.717) is 0 Å². The van der Waals surface area contributed by atoms with Crippen LogP contribution in [0.4, 0.5) is 0 Å². The van der Waals surface area contributed by atoms with Gasteiger partial charge >= 0.3 is 0 Å². The van der Waals surface area contributed by atoms with Gasteiger partial charge in [-0.1, -0.05) is 54.1 Å². The van der Waals surface area contributed by atoms with Crippen LogP contribution in [0.2, 0.25) is 0 Å². The van der Waals surface area contributed by atoms with Crippen LogP contribution in [0.3, 0.4) is 0 Å². The zero-order valence-corrected chi connectivity index (χ0v) is 15.9. The lowest BCUT2D eigenvalue weighted by Gasteiger charge is -2.19. The number of carbonyl (C=O) groups excluding carboxylic acids is 1. The summed E-state index contributed by atoms with van der Waals surface area (Å²) in [6, 6.07) is 15.0. The number of aryl methyl sites for hydroxylation is 2. The number of hydrogen-bond acceptors (Lipinski definition) is 3. The van der Waals surface area contributed by atoms with Crippen LogP contribution < -0.4 is 5.32 Å². The van der Waals surface area contributed by atoms with Crippen molar-refractivity contribution in [2.45, 2.75) is 44.7 Å². The lowest BCUT2D eigenvalue weighted by atomic mass is 10.1. The molecule has 25 heavy (non-hydrogen) atoms. The Labute approximate surface area is 150 Å². The van der Waals surface area contributed by atoms with Crippen LogP contribution in [0.15, 0.2) is 48.5 Å². The maximum atomic E-state index is 12.7. The highest BCUT2D eigenvalue weighted by Crippen LogP contribution is 2.18. The minimum Gasteiger partial charge on any atom is -0.348 e. The van der Waals surface area contributed by atoms with Crippen LogP contribution in [0, 0.1) is 13.8 Å². The van der Waals surface area contributed by atoms with Crippen molar-refractivity contribution in [1.82, 2.24) is 5.32 Å². The molecule has 1 N–H and O–H groups in total. The third-order valence-corrected chi connectivity index (χ3v) is 6.43. The summed E-state index contributed by atoms with van der Waals surface area (Å²) in [5.41, 5.74) is 3.61. The second-order valence-corrected chi connectivity index (χ2v) is 8.84. The minimum atomic E-state index is -3.59. The summed E-state index contributed by atoms with van der Waals surface area (Å²) in [6.07, 6.45) is 0. The van der Waals surface area contributed by atoms with Gasteiger partial charge in [-0.3, -0.25) is 4.79 Å². The van der Waals surface area contributed by atoms with Crippen LogP contribution in [-0.4, -0.2) is 19.6 Å². The van der Waals surface area contributed by atoms with Crippen molar-refractivity contribution in [3.63, 3.8) is 0 Å². The van der Waals surface area contributed by atoms with Crippen molar-refractivity contribution >= 4 is 15.7 Å². The van der Waals surface area contributed by atoms with E-state index in [9.17, 15) is 13.2 Å². The van der Waals surface area contributed by atoms with E-state index in [1.54, 1.807) is 0 Å². The summed E-state index contributed by atoms with van der Waals surface area (Å²) >= 11 is 0. The number of rotatable bonds is 6. The molecule has 1 amide bonds. The average molecular weight is 359 g/mol. The molecular weight excluding hydrogens is 334 g/mol. The molecular formula is C20H25NO3S. The summed E-state index contributed by atoms with van der Waals surface area (Å²) in [6.45, 7) is 7.10. The third-order valence-electron chi connectivity index (χ3n) is 4.43. The molecule has 5 heteroatoms. The van der Waals surface area contributed by atoms with Crippen LogP contribution in [0.25, 0.3) is 0 Å². The number of carbonyl (C=O) groups is 1. The topological polar surface area (TPSA) is 63.2 Å². The van der Waals surface area contributed by atoms with Gasteiger partial charge in [0.15, 0.2) is 9.84 Å². The first kappa shape index (κ1) is 19.2. The molecule has 0 saturated heterocycles. The van der Waals surface area contributed by atoms with Crippen molar-refractivity contribution in [2.24, 2.45) is 0 Å². The molecule has 0 radical (unpaired) electrons. The molecule has 0 fully saturated rings. The van der Waals surface area contributed by atoms with E-state index in [-0.39, 0.29) is 11.8 Å². The molecule has 0 saturated carbocycles. The minimum absolute atomic E-state index is 0.130. The van der Waals surface area contributed by atoms with Gasteiger partial charge in [0.2, 0.25) is 5.91 Å². The largest absolute Gasteiger partial charge is 0.348 e. The zero-order chi connectivity index (χ0) is 18.6. The Morgan fingerprint density at radius 1 is 1.04 bits per heavy atom. The Kier molecular flexibility index (Phi) is 6.01. The molecule has 134 valence electrons. The summed E-state index contributed by atoms with van der Waals surface area (Å²) in [4.78, 5) is 12.4. The molecule has 0 heterocycles. The van der Waals surface area contributed by atoms with Gasteiger partial charge in [0, 0.05) is 0 Å². The molecule has 2 unspecified atom stereocenters. The van der Waals surface area contributed by atoms with Crippen molar-refractivity contribution in [2.75, 3.05) is 0 Å². The number of amides is 1. The fourth-order valence-corrected chi connectivity index (χ4v) is 4.01. The fourth-order valence-electron chi connectivity index (χ4n) is 2.62. The quantitative estimate of drug-likeness (QED) is 0.859. The second kappa shape index (κ2) is 7.83. The monoisotopic (exact) mass is 359 g/mol. The van der Waals surface area contributed by atoms with Crippen molar-refractivity contribution in [3.05, 3.63) is 70.8 Å². The summed E-state index contributed by atoms with van der Waals surface area (Å²) < 4.78 is 25.3. The lowest BCUT2D eigenvalue weighted by Crippen LogP contribution is -2.39. The van der Waals surface area contributed by atoms with Gasteiger partial charge < -0.3 is 5.32 Å². The molecule has 4 nitrogen and oxygen atoms in total. The maximum Gasteiger partial charge on any atom is 0.238 e. The molecule has 2 rings (SSSR count). The van der Waals surface area contributed by atoms with E-state index in [1.807, 2.05) is 69.3 Å². The summed E-state index contributed by atoms with van der Waals surface area (Å²) in [5.74, 6) is -0.601. The highest BCUT2D eigenvalue weighted by molar-refractivity contribution is 7.92. The standard InChI is InChI=1S/C20H25NO3S/c1-14-10-11-15(2)19(12-14)13-25(23,24)17(4)20(22)21-16(3)18-8-6-5-7-9-18/h5-12,16-17H,13H2,1-4H3,(H,21,22). The number of nitrogens with one attached hydrogen (secondary N) is 1. The third kappa shape index (κ3) is 4.92. The SMILES string of the molecule is Cc1ccc(C)c(CS(=O)(=O)C(C)C(=O)NC(C)c2ccccc2)c1. The lowest BCUT2D eigenvalue weighted by molar-refractivity contribution is -0.121. The van der Waals surface area contributed by atoms with Crippen molar-refractivity contribution < 1.29 is 13.2 Å². The van der Waals surface area contributed by atoms with E-state index in [4.69, 9.17) is 0 Å². The van der Waals surface area contributed by atoms with E-state index in [2.05, 4.69) is 5.32 Å². The first-order valence-electron chi connectivity index (χ1n) is 8.33. The van der Waals surface area contributed by atoms with E-state index in [1.165, 1.54) is 6.92 Å². The molecule has 0 aromatic heterocycles. The average Bonchev–Trinajstić information content (AvgIpc) is 2.57. The number of hydrogen-bond donors (Lipinski definition) is 1. The molecule has 2 atom stereocenters. The van der Waals surface area contributed by atoms with Crippen LogP contribution in [0.5, 0.6) is 0 Å². The van der Waals surface area contributed by atoms with Crippen molar-refractivity contribution in [1.29, 1.82) is 0 Å². The highest BCUT2D eigenvalue weighted by atomic mass is 32.2. The van der Waals surface area contributed by atoms with Gasteiger partial charge in [-0.15, -0.1) is 0 Å². The molecule has 0 bridgehead atoms. The van der Waals surface area contributed by atoms with Crippen LogP contribution in [-0.2, 0) is 20.4 Å². The number of benzene rings is 2. The molecule has 0 aliphatic rings. The first-order chi connectivity index (χ1) is 11.7. The summed E-state index contributed by atoms with van der Waals surface area (Å²) in [5, 5.41) is 1.70. The molecule has 0 aliphatic carbocycles. The Bertz CT molecular complexity index is 844. The summed E-state index contributed by atoms with van der Waals surface area (Å²) in [7, 11) is -3.59. The van der Waals surface area contributed by atoms with Crippen LogP contribution >= 0.6 is 0 Å². The van der Waals surface area contributed by atoms with Gasteiger partial charge in [0.25, 0.3) is 0 Å². The Morgan fingerprint density at radius 2 is 1.68 bits per heavy atom.